The summed E-state index contributed by atoms with van der Waals surface area (Å²) in [5.74, 6) is 0.168. The minimum atomic E-state index is 0.168. The average molecular weight is 312 g/mol. The highest BCUT2D eigenvalue weighted by atomic mass is 79.9. The fourth-order valence-electron chi connectivity index (χ4n) is 2.23. The third kappa shape index (κ3) is 2.84. The minimum Gasteiger partial charge on any atom is -0.360 e. The fourth-order valence-corrected chi connectivity index (χ4v) is 2.61. The van der Waals surface area contributed by atoms with E-state index in [9.17, 15) is 4.79 Å². The monoisotopic (exact) mass is 311 g/mol. The predicted octanol–water partition coefficient (Wildman–Crippen LogP) is 1.32. The van der Waals surface area contributed by atoms with Crippen molar-refractivity contribution >= 4 is 27.5 Å². The maximum absolute atomic E-state index is 12.0. The molecule has 1 heterocycles. The number of anilines is 1. The van der Waals surface area contributed by atoms with Crippen LogP contribution in [0.2, 0.25) is 0 Å². The van der Waals surface area contributed by atoms with Gasteiger partial charge >= 0.3 is 0 Å². The Bertz CT molecular complexity index is 438. The highest BCUT2D eigenvalue weighted by Crippen LogP contribution is 2.22. The Morgan fingerprint density at radius 2 is 2.28 bits per heavy atom. The maximum atomic E-state index is 12.0. The molecule has 0 saturated carbocycles. The molecule has 1 N–H and O–H groups in total. The summed E-state index contributed by atoms with van der Waals surface area (Å²) in [5, 5.41) is 3.14. The standard InChI is InChI=1S/C13H18BrN3O/c1-15-7-12-8-17(9-13(18)16(12)2)11-5-3-4-10(14)6-11/h3-6,12,15H,7-9H2,1-2H3. The Labute approximate surface area is 116 Å². The Hall–Kier alpha value is -1.07. The molecular formula is C13H18BrN3O. The van der Waals surface area contributed by atoms with Crippen molar-refractivity contribution in [3.63, 3.8) is 0 Å². The summed E-state index contributed by atoms with van der Waals surface area (Å²) in [6, 6.07) is 8.30. The highest BCUT2D eigenvalue weighted by Gasteiger charge is 2.29. The van der Waals surface area contributed by atoms with Crippen molar-refractivity contribution in [2.75, 3.05) is 38.6 Å². The van der Waals surface area contributed by atoms with Crippen LogP contribution < -0.4 is 10.2 Å². The van der Waals surface area contributed by atoms with Gasteiger partial charge in [0.15, 0.2) is 0 Å². The normalized spacial score (nSPS) is 20.4. The zero-order chi connectivity index (χ0) is 13.1. The van der Waals surface area contributed by atoms with E-state index in [-0.39, 0.29) is 11.9 Å². The maximum Gasteiger partial charge on any atom is 0.242 e. The van der Waals surface area contributed by atoms with Gasteiger partial charge in [-0.15, -0.1) is 0 Å². The molecule has 1 saturated heterocycles. The Morgan fingerprint density at radius 1 is 1.50 bits per heavy atom. The van der Waals surface area contributed by atoms with Gasteiger partial charge < -0.3 is 15.1 Å². The van der Waals surface area contributed by atoms with Gasteiger partial charge in [-0.2, -0.15) is 0 Å². The van der Waals surface area contributed by atoms with Crippen LogP contribution in [0.1, 0.15) is 0 Å². The molecule has 1 atom stereocenters. The molecule has 98 valence electrons. The summed E-state index contributed by atoms with van der Waals surface area (Å²) in [4.78, 5) is 16.0. The first-order chi connectivity index (χ1) is 8.61. The smallest absolute Gasteiger partial charge is 0.242 e. The number of carbonyl (C=O) groups is 1. The molecule has 2 rings (SSSR count). The van der Waals surface area contributed by atoms with E-state index in [0.717, 1.165) is 23.2 Å². The van der Waals surface area contributed by atoms with Gasteiger partial charge in [-0.3, -0.25) is 4.79 Å². The van der Waals surface area contributed by atoms with Crippen LogP contribution in [0, 0.1) is 0 Å². The first-order valence-corrected chi connectivity index (χ1v) is 6.82. The van der Waals surface area contributed by atoms with Gasteiger partial charge in [0, 0.05) is 30.3 Å². The van der Waals surface area contributed by atoms with E-state index in [1.165, 1.54) is 0 Å². The van der Waals surface area contributed by atoms with Crippen LogP contribution in [0.4, 0.5) is 5.69 Å². The Balaban J connectivity index is 2.17. The number of hydrogen-bond donors (Lipinski definition) is 1. The molecule has 1 aliphatic rings. The van der Waals surface area contributed by atoms with Crippen molar-refractivity contribution < 1.29 is 4.79 Å². The number of amides is 1. The van der Waals surface area contributed by atoms with Crippen LogP contribution in [0.15, 0.2) is 28.7 Å². The molecule has 0 aliphatic carbocycles. The molecule has 1 amide bonds. The molecule has 0 spiro atoms. The largest absolute Gasteiger partial charge is 0.360 e. The van der Waals surface area contributed by atoms with E-state index in [4.69, 9.17) is 0 Å². The molecule has 1 aromatic carbocycles. The zero-order valence-electron chi connectivity index (χ0n) is 10.7. The van der Waals surface area contributed by atoms with Crippen molar-refractivity contribution in [3.8, 4) is 0 Å². The van der Waals surface area contributed by atoms with Crippen molar-refractivity contribution in [3.05, 3.63) is 28.7 Å². The lowest BCUT2D eigenvalue weighted by Crippen LogP contribution is -2.57. The molecule has 1 unspecified atom stereocenters. The van der Waals surface area contributed by atoms with Crippen molar-refractivity contribution in [2.45, 2.75) is 6.04 Å². The number of carbonyl (C=O) groups excluding carboxylic acids is 1. The number of likely N-dealkylation sites (N-methyl/N-ethyl adjacent to an activating group) is 2. The molecule has 0 radical (unpaired) electrons. The molecule has 1 fully saturated rings. The van der Waals surface area contributed by atoms with Crippen molar-refractivity contribution in [1.82, 2.24) is 10.2 Å². The van der Waals surface area contributed by atoms with Crippen LogP contribution in [0.5, 0.6) is 0 Å². The fraction of sp³-hybridized carbons (Fsp3) is 0.462. The number of rotatable bonds is 3. The predicted molar refractivity (Wildman–Crippen MR) is 76.8 cm³/mol. The van der Waals surface area contributed by atoms with Gasteiger partial charge in [0.2, 0.25) is 5.91 Å². The summed E-state index contributed by atoms with van der Waals surface area (Å²) >= 11 is 3.47. The second-order valence-corrected chi connectivity index (χ2v) is 5.49. The van der Waals surface area contributed by atoms with Gasteiger partial charge in [0.25, 0.3) is 0 Å². The second kappa shape index (κ2) is 5.71. The summed E-state index contributed by atoms with van der Waals surface area (Å²) in [7, 11) is 3.79. The lowest BCUT2D eigenvalue weighted by Gasteiger charge is -2.40. The second-order valence-electron chi connectivity index (χ2n) is 4.58. The van der Waals surface area contributed by atoms with Crippen LogP contribution in [0.3, 0.4) is 0 Å². The van der Waals surface area contributed by atoms with E-state index >= 15 is 0 Å². The van der Waals surface area contributed by atoms with E-state index < -0.39 is 0 Å². The van der Waals surface area contributed by atoms with Gasteiger partial charge in [-0.25, -0.2) is 0 Å². The number of nitrogens with zero attached hydrogens (tertiary/aromatic N) is 2. The topological polar surface area (TPSA) is 35.6 Å². The third-order valence-corrected chi connectivity index (χ3v) is 3.80. The van der Waals surface area contributed by atoms with Gasteiger partial charge in [0.05, 0.1) is 12.6 Å². The molecule has 0 bridgehead atoms. The van der Waals surface area contributed by atoms with Crippen LogP contribution in [-0.4, -0.2) is 50.6 Å². The van der Waals surface area contributed by atoms with Crippen molar-refractivity contribution in [1.29, 1.82) is 0 Å². The summed E-state index contributed by atoms with van der Waals surface area (Å²) in [6.07, 6.45) is 0. The first-order valence-electron chi connectivity index (χ1n) is 6.02. The highest BCUT2D eigenvalue weighted by molar-refractivity contribution is 9.10. The molecule has 5 heteroatoms. The zero-order valence-corrected chi connectivity index (χ0v) is 12.3. The van der Waals surface area contributed by atoms with Crippen LogP contribution in [0.25, 0.3) is 0 Å². The van der Waals surface area contributed by atoms with Crippen molar-refractivity contribution in [2.24, 2.45) is 0 Å². The number of hydrogen-bond acceptors (Lipinski definition) is 3. The quantitative estimate of drug-likeness (QED) is 0.914. The molecule has 4 nitrogen and oxygen atoms in total. The minimum absolute atomic E-state index is 0.168. The Morgan fingerprint density at radius 3 is 2.94 bits per heavy atom. The summed E-state index contributed by atoms with van der Waals surface area (Å²) in [6.45, 7) is 2.12. The lowest BCUT2D eigenvalue weighted by atomic mass is 10.1. The molecule has 0 aromatic heterocycles. The number of benzene rings is 1. The average Bonchev–Trinajstić information content (AvgIpc) is 2.35. The molecule has 18 heavy (non-hydrogen) atoms. The van der Waals surface area contributed by atoms with Gasteiger partial charge in [0.1, 0.15) is 0 Å². The van der Waals surface area contributed by atoms with Gasteiger partial charge in [-0.1, -0.05) is 22.0 Å². The van der Waals surface area contributed by atoms with Gasteiger partial charge in [-0.05, 0) is 25.2 Å². The SMILES string of the molecule is CNCC1CN(c2cccc(Br)c2)CC(=O)N1C. The summed E-state index contributed by atoms with van der Waals surface area (Å²) in [5.41, 5.74) is 1.09. The number of nitrogens with one attached hydrogen (secondary N) is 1. The van der Waals surface area contributed by atoms with E-state index in [2.05, 4.69) is 32.2 Å². The summed E-state index contributed by atoms with van der Waals surface area (Å²) < 4.78 is 1.04. The number of halogens is 1. The van der Waals surface area contributed by atoms with Crippen LogP contribution in [-0.2, 0) is 4.79 Å². The molecular weight excluding hydrogens is 294 g/mol. The third-order valence-electron chi connectivity index (χ3n) is 3.31. The first kappa shape index (κ1) is 13.4. The lowest BCUT2D eigenvalue weighted by molar-refractivity contribution is -0.131. The Kier molecular flexibility index (Phi) is 4.24. The van der Waals surface area contributed by atoms with Crippen LogP contribution >= 0.6 is 15.9 Å². The molecule has 1 aromatic rings. The molecule has 1 aliphatic heterocycles. The number of piperazine rings is 1. The van der Waals surface area contributed by atoms with E-state index in [1.54, 1.807) is 0 Å². The van der Waals surface area contributed by atoms with E-state index in [1.807, 2.05) is 37.2 Å². The van der Waals surface area contributed by atoms with E-state index in [0.29, 0.717) is 6.54 Å².